The summed E-state index contributed by atoms with van der Waals surface area (Å²) in [4.78, 5) is 26.0. The third kappa shape index (κ3) is 3.17. The van der Waals surface area contributed by atoms with Gasteiger partial charge in [0.2, 0.25) is 5.91 Å². The first-order valence-corrected chi connectivity index (χ1v) is 11.6. The van der Waals surface area contributed by atoms with Crippen LogP contribution in [0, 0.1) is 5.41 Å². The van der Waals surface area contributed by atoms with E-state index in [-0.39, 0.29) is 35.7 Å². The van der Waals surface area contributed by atoms with Crippen molar-refractivity contribution in [3.8, 4) is 16.9 Å². The van der Waals surface area contributed by atoms with Gasteiger partial charge in [-0.1, -0.05) is 24.3 Å². The fourth-order valence-corrected chi connectivity index (χ4v) is 6.31. The smallest absolute Gasteiger partial charge is 0.228 e. The molecular weight excluding hydrogens is 402 g/mol. The van der Waals surface area contributed by atoms with Crippen LogP contribution in [-0.4, -0.2) is 31.0 Å². The zero-order valence-corrected chi connectivity index (χ0v) is 19.1. The lowest BCUT2D eigenvalue weighted by Gasteiger charge is -2.47. The van der Waals surface area contributed by atoms with E-state index in [2.05, 4.69) is 37.4 Å². The van der Waals surface area contributed by atoms with Gasteiger partial charge in [0, 0.05) is 5.41 Å². The maximum absolute atomic E-state index is 13.5. The van der Waals surface area contributed by atoms with Crippen LogP contribution < -0.4 is 10.1 Å². The number of nitrogens with one attached hydrogen (secondary N) is 1. The largest absolute Gasteiger partial charge is 0.497 e. The van der Waals surface area contributed by atoms with E-state index in [1.807, 2.05) is 24.3 Å². The van der Waals surface area contributed by atoms with E-state index in [0.717, 1.165) is 54.5 Å². The number of Topliss-reactive ketones (excluding diaryl/α,β-unsaturated/α-hetero) is 1. The van der Waals surface area contributed by atoms with E-state index in [0.29, 0.717) is 0 Å². The predicted molar refractivity (Wildman–Crippen MR) is 122 cm³/mol. The average molecular weight is 434 g/mol. The second kappa shape index (κ2) is 7.73. The number of amides is 1. The highest BCUT2D eigenvalue weighted by molar-refractivity contribution is 6.12. The molecule has 2 fully saturated rings. The van der Waals surface area contributed by atoms with Crippen LogP contribution in [0.15, 0.2) is 42.5 Å². The van der Waals surface area contributed by atoms with Crippen molar-refractivity contribution >= 4 is 11.7 Å². The summed E-state index contributed by atoms with van der Waals surface area (Å²) in [6.45, 7) is 4.14. The Balaban J connectivity index is 1.57. The van der Waals surface area contributed by atoms with Crippen LogP contribution in [0.4, 0.5) is 0 Å². The maximum Gasteiger partial charge on any atom is 0.228 e. The van der Waals surface area contributed by atoms with Gasteiger partial charge < -0.3 is 14.8 Å². The molecule has 2 spiro atoms. The molecule has 2 aromatic carbocycles. The van der Waals surface area contributed by atoms with Crippen molar-refractivity contribution in [2.45, 2.75) is 70.1 Å². The van der Waals surface area contributed by atoms with Gasteiger partial charge in [-0.2, -0.15) is 0 Å². The lowest BCUT2D eigenvalue weighted by Crippen LogP contribution is -2.56. The molecule has 5 nitrogen and oxygen atoms in total. The van der Waals surface area contributed by atoms with Crippen LogP contribution in [0.1, 0.15) is 57.1 Å². The molecule has 168 valence electrons. The Morgan fingerprint density at radius 2 is 1.78 bits per heavy atom. The quantitative estimate of drug-likeness (QED) is 0.718. The summed E-state index contributed by atoms with van der Waals surface area (Å²) < 4.78 is 11.5. The molecule has 1 amide bonds. The Labute approximate surface area is 189 Å². The minimum atomic E-state index is -0.920. The highest BCUT2D eigenvalue weighted by atomic mass is 16.5. The van der Waals surface area contributed by atoms with Gasteiger partial charge >= 0.3 is 0 Å². The molecule has 0 radical (unpaired) electrons. The summed E-state index contributed by atoms with van der Waals surface area (Å²) in [7, 11) is 1.66. The van der Waals surface area contributed by atoms with Gasteiger partial charge in [-0.15, -0.1) is 0 Å². The van der Waals surface area contributed by atoms with Crippen molar-refractivity contribution in [1.29, 1.82) is 0 Å². The summed E-state index contributed by atoms with van der Waals surface area (Å²) in [5.74, 6) is 0.657. The van der Waals surface area contributed by atoms with Crippen LogP contribution in [-0.2, 0) is 26.3 Å². The Morgan fingerprint density at radius 1 is 1.03 bits per heavy atom. The zero-order valence-electron chi connectivity index (χ0n) is 19.1. The SMILES string of the molecule is COc1cccc(-c2ccc3c(c2)C2(NC(=O)CC2=O)C2(CCC(OC(C)C)CC2)C3)c1. The van der Waals surface area contributed by atoms with Gasteiger partial charge in [0.05, 0.1) is 25.7 Å². The molecule has 1 N–H and O–H groups in total. The number of ketones is 1. The molecule has 2 aliphatic carbocycles. The van der Waals surface area contributed by atoms with Gasteiger partial charge in [0.15, 0.2) is 5.78 Å². The van der Waals surface area contributed by atoms with Gasteiger partial charge in [-0.3, -0.25) is 9.59 Å². The van der Waals surface area contributed by atoms with Crippen molar-refractivity contribution in [3.63, 3.8) is 0 Å². The molecule has 1 heterocycles. The molecule has 32 heavy (non-hydrogen) atoms. The number of hydrogen-bond donors (Lipinski definition) is 1. The van der Waals surface area contributed by atoms with Crippen molar-refractivity contribution in [1.82, 2.24) is 5.32 Å². The van der Waals surface area contributed by atoms with E-state index in [1.54, 1.807) is 7.11 Å². The topological polar surface area (TPSA) is 64.6 Å². The number of methoxy groups -OCH3 is 1. The summed E-state index contributed by atoms with van der Waals surface area (Å²) >= 11 is 0. The molecule has 1 saturated heterocycles. The van der Waals surface area contributed by atoms with E-state index < -0.39 is 5.54 Å². The Kier molecular flexibility index (Phi) is 5.12. The minimum absolute atomic E-state index is 0.0206. The molecule has 1 unspecified atom stereocenters. The van der Waals surface area contributed by atoms with E-state index in [1.165, 1.54) is 5.56 Å². The van der Waals surface area contributed by atoms with Crippen LogP contribution in [0.3, 0.4) is 0 Å². The van der Waals surface area contributed by atoms with Gasteiger partial charge in [-0.05, 0) is 86.4 Å². The molecule has 1 saturated carbocycles. The number of ether oxygens (including phenoxy) is 2. The molecule has 1 aliphatic heterocycles. The second-order valence-electron chi connectivity index (χ2n) is 9.84. The minimum Gasteiger partial charge on any atom is -0.497 e. The normalized spacial score (nSPS) is 29.1. The third-order valence-corrected chi connectivity index (χ3v) is 7.66. The molecular formula is C27H31NO4. The summed E-state index contributed by atoms with van der Waals surface area (Å²) in [6, 6.07) is 14.3. The fourth-order valence-electron chi connectivity index (χ4n) is 6.31. The van der Waals surface area contributed by atoms with Crippen LogP contribution in [0.2, 0.25) is 0 Å². The number of benzene rings is 2. The number of fused-ring (bicyclic) bond motifs is 3. The Hall–Kier alpha value is -2.66. The van der Waals surface area contributed by atoms with Crippen molar-refractivity contribution in [2.75, 3.05) is 7.11 Å². The highest BCUT2D eigenvalue weighted by Crippen LogP contribution is 2.60. The predicted octanol–water partition coefficient (Wildman–Crippen LogP) is 4.56. The average Bonchev–Trinajstić information content (AvgIpc) is 3.23. The molecule has 5 rings (SSSR count). The zero-order chi connectivity index (χ0) is 22.5. The molecule has 5 heteroatoms. The standard InChI is InChI=1S/C27H31NO4/c1-17(2)32-21-9-11-26(12-10-21)16-20-8-7-19(18-5-4-6-22(13-18)31-3)14-23(20)27(26)24(29)15-25(30)28-27/h4-8,13-14,17,21H,9-12,15-16H2,1-3H3,(H,28,30). The van der Waals surface area contributed by atoms with Crippen LogP contribution in [0.5, 0.6) is 5.75 Å². The summed E-state index contributed by atoms with van der Waals surface area (Å²) in [6.07, 6.45) is 4.79. The second-order valence-corrected chi connectivity index (χ2v) is 9.84. The third-order valence-electron chi connectivity index (χ3n) is 7.66. The first-order valence-electron chi connectivity index (χ1n) is 11.6. The Bertz CT molecular complexity index is 1070. The highest BCUT2D eigenvalue weighted by Gasteiger charge is 2.65. The van der Waals surface area contributed by atoms with Crippen molar-refractivity contribution < 1.29 is 19.1 Å². The first kappa shape index (κ1) is 21.2. The number of carbonyl (C=O) groups is 2. The number of rotatable bonds is 4. The molecule has 1 atom stereocenters. The lowest BCUT2D eigenvalue weighted by atomic mass is 9.60. The van der Waals surface area contributed by atoms with E-state index in [4.69, 9.17) is 9.47 Å². The Morgan fingerprint density at radius 3 is 2.44 bits per heavy atom. The number of hydrogen-bond acceptors (Lipinski definition) is 4. The van der Waals surface area contributed by atoms with E-state index >= 15 is 0 Å². The van der Waals surface area contributed by atoms with Gasteiger partial charge in [0.25, 0.3) is 0 Å². The van der Waals surface area contributed by atoms with Gasteiger partial charge in [0.1, 0.15) is 11.3 Å². The first-order chi connectivity index (χ1) is 15.4. The molecule has 0 aromatic heterocycles. The molecule has 0 bridgehead atoms. The van der Waals surface area contributed by atoms with E-state index in [9.17, 15) is 9.59 Å². The van der Waals surface area contributed by atoms with Crippen molar-refractivity contribution in [3.05, 3.63) is 53.6 Å². The van der Waals surface area contributed by atoms with Gasteiger partial charge in [-0.25, -0.2) is 0 Å². The van der Waals surface area contributed by atoms with Crippen LogP contribution >= 0.6 is 0 Å². The fraction of sp³-hybridized carbons (Fsp3) is 0.481. The van der Waals surface area contributed by atoms with Crippen molar-refractivity contribution in [2.24, 2.45) is 5.41 Å². The van der Waals surface area contributed by atoms with Crippen LogP contribution in [0.25, 0.3) is 11.1 Å². The lowest BCUT2D eigenvalue weighted by molar-refractivity contribution is -0.130. The molecule has 2 aromatic rings. The molecule has 3 aliphatic rings. The maximum atomic E-state index is 13.5. The number of carbonyl (C=O) groups excluding carboxylic acids is 2. The summed E-state index contributed by atoms with van der Waals surface area (Å²) in [5.41, 5.74) is 3.03. The monoisotopic (exact) mass is 433 g/mol. The summed E-state index contributed by atoms with van der Waals surface area (Å²) in [5, 5.41) is 3.20.